The predicted octanol–water partition coefficient (Wildman–Crippen LogP) is 4.47. The molecule has 0 unspecified atom stereocenters. The molecule has 0 atom stereocenters. The van der Waals surface area contributed by atoms with Crippen molar-refractivity contribution < 1.29 is 9.52 Å². The molecule has 7 nitrogen and oxygen atoms in total. The molecule has 0 aliphatic carbocycles. The minimum absolute atomic E-state index is 0.250. The minimum Gasteiger partial charge on any atom is -0.507 e. The molecule has 28 heavy (non-hydrogen) atoms. The molecule has 7 heteroatoms. The average molecular weight is 369 g/mol. The van der Waals surface area contributed by atoms with E-state index in [4.69, 9.17) is 10.2 Å². The third-order valence-corrected chi connectivity index (χ3v) is 4.49. The number of nitrogens with two attached hydrogens (primary N) is 1. The van der Waals surface area contributed by atoms with Crippen LogP contribution in [0.25, 0.3) is 33.3 Å². The van der Waals surface area contributed by atoms with Crippen molar-refractivity contribution in [2.45, 2.75) is 0 Å². The van der Waals surface area contributed by atoms with Crippen molar-refractivity contribution in [2.75, 3.05) is 11.1 Å². The van der Waals surface area contributed by atoms with Crippen molar-refractivity contribution in [3.8, 4) is 17.3 Å². The van der Waals surface area contributed by atoms with Gasteiger partial charge in [0.1, 0.15) is 5.75 Å². The molecule has 0 aliphatic rings. The van der Waals surface area contributed by atoms with E-state index in [9.17, 15) is 5.11 Å². The molecule has 2 aromatic carbocycles. The van der Waals surface area contributed by atoms with Gasteiger partial charge < -0.3 is 20.6 Å². The van der Waals surface area contributed by atoms with E-state index in [0.717, 1.165) is 27.5 Å². The van der Waals surface area contributed by atoms with Gasteiger partial charge in [0.15, 0.2) is 17.2 Å². The van der Waals surface area contributed by atoms with Crippen LogP contribution in [-0.2, 0) is 0 Å². The van der Waals surface area contributed by atoms with E-state index in [1.807, 2.05) is 36.4 Å². The van der Waals surface area contributed by atoms with Crippen LogP contribution in [-0.4, -0.2) is 20.1 Å². The van der Waals surface area contributed by atoms with Gasteiger partial charge in [-0.25, -0.2) is 9.97 Å². The first-order valence-electron chi connectivity index (χ1n) is 8.62. The number of nitrogens with one attached hydrogen (secondary N) is 1. The summed E-state index contributed by atoms with van der Waals surface area (Å²) in [5.74, 6) is 1.17. The molecule has 3 aromatic heterocycles. The Morgan fingerprint density at radius 1 is 0.964 bits per heavy atom. The van der Waals surface area contributed by atoms with Crippen LogP contribution in [0.1, 0.15) is 0 Å². The summed E-state index contributed by atoms with van der Waals surface area (Å²) in [6.07, 6.45) is 6.43. The van der Waals surface area contributed by atoms with Crippen molar-refractivity contribution in [3.05, 3.63) is 67.3 Å². The number of furan rings is 1. The first kappa shape index (κ1) is 16.1. The molecule has 3 heterocycles. The van der Waals surface area contributed by atoms with Crippen molar-refractivity contribution in [2.24, 2.45) is 0 Å². The molecule has 0 saturated carbocycles. The second-order valence-corrected chi connectivity index (χ2v) is 6.36. The quantitative estimate of drug-likeness (QED) is 0.430. The standard InChI is InChI=1S/C21H15N5O2/c22-13-9-24-21(25-10-13)20-19(16-6-7-23-11-18(16)28-20)26-14-4-5-15-12(8-14)2-1-3-17(15)27/h1-11,26-27H,22H2. The smallest absolute Gasteiger partial charge is 0.198 e. The number of phenolic OH excluding ortho intramolecular Hbond substituents is 1. The van der Waals surface area contributed by atoms with E-state index in [1.54, 1.807) is 18.5 Å². The first-order chi connectivity index (χ1) is 13.7. The molecule has 0 saturated heterocycles. The Balaban J connectivity index is 1.65. The van der Waals surface area contributed by atoms with Crippen molar-refractivity contribution >= 4 is 38.8 Å². The van der Waals surface area contributed by atoms with E-state index in [0.29, 0.717) is 22.9 Å². The average Bonchev–Trinajstić information content (AvgIpc) is 3.07. The zero-order valence-electron chi connectivity index (χ0n) is 14.6. The van der Waals surface area contributed by atoms with Gasteiger partial charge in [-0.15, -0.1) is 0 Å². The summed E-state index contributed by atoms with van der Waals surface area (Å²) in [4.78, 5) is 12.7. The molecular formula is C21H15N5O2. The minimum atomic E-state index is 0.250. The number of hydrogen-bond donors (Lipinski definition) is 3. The van der Waals surface area contributed by atoms with E-state index < -0.39 is 0 Å². The second-order valence-electron chi connectivity index (χ2n) is 6.36. The molecule has 0 radical (unpaired) electrons. The zero-order valence-corrected chi connectivity index (χ0v) is 14.6. The van der Waals surface area contributed by atoms with Crippen molar-refractivity contribution in [1.29, 1.82) is 0 Å². The molecule has 0 spiro atoms. The lowest BCUT2D eigenvalue weighted by Gasteiger charge is -2.09. The maximum Gasteiger partial charge on any atom is 0.198 e. The maximum absolute atomic E-state index is 10.0. The van der Waals surface area contributed by atoms with Gasteiger partial charge in [0.2, 0.25) is 0 Å². The van der Waals surface area contributed by atoms with Crippen LogP contribution in [0, 0.1) is 0 Å². The third-order valence-electron chi connectivity index (χ3n) is 4.49. The fraction of sp³-hybridized carbons (Fsp3) is 0. The van der Waals surface area contributed by atoms with Crippen LogP contribution in [0.5, 0.6) is 5.75 Å². The fourth-order valence-electron chi connectivity index (χ4n) is 3.18. The lowest BCUT2D eigenvalue weighted by Crippen LogP contribution is -1.95. The van der Waals surface area contributed by atoms with Crippen LogP contribution >= 0.6 is 0 Å². The number of phenols is 1. The molecule has 4 N–H and O–H groups in total. The Hall–Kier alpha value is -4.13. The van der Waals surface area contributed by atoms with E-state index in [1.165, 1.54) is 12.4 Å². The lowest BCUT2D eigenvalue weighted by molar-refractivity contribution is 0.481. The Morgan fingerprint density at radius 3 is 2.68 bits per heavy atom. The van der Waals surface area contributed by atoms with Crippen LogP contribution in [0.15, 0.2) is 71.7 Å². The van der Waals surface area contributed by atoms with Crippen LogP contribution in [0.3, 0.4) is 0 Å². The van der Waals surface area contributed by atoms with Gasteiger partial charge in [0.05, 0.1) is 30.0 Å². The summed E-state index contributed by atoms with van der Waals surface area (Å²) >= 11 is 0. The number of aromatic hydroxyl groups is 1. The molecular weight excluding hydrogens is 354 g/mol. The van der Waals surface area contributed by atoms with Gasteiger partial charge in [-0.1, -0.05) is 12.1 Å². The summed E-state index contributed by atoms with van der Waals surface area (Å²) in [6.45, 7) is 0. The number of aromatic nitrogens is 3. The summed E-state index contributed by atoms with van der Waals surface area (Å²) < 4.78 is 5.97. The fourth-order valence-corrected chi connectivity index (χ4v) is 3.18. The number of benzene rings is 2. The molecule has 136 valence electrons. The summed E-state index contributed by atoms with van der Waals surface area (Å²) in [5, 5.41) is 16.0. The number of hydrogen-bond acceptors (Lipinski definition) is 7. The summed E-state index contributed by atoms with van der Waals surface area (Å²) in [6, 6.07) is 13.0. The normalized spacial score (nSPS) is 11.1. The maximum atomic E-state index is 10.0. The number of rotatable bonds is 3. The number of nitrogen functional groups attached to an aromatic ring is 1. The number of anilines is 3. The van der Waals surface area contributed by atoms with Gasteiger partial charge in [0.25, 0.3) is 0 Å². The topological polar surface area (TPSA) is 110 Å². The van der Waals surface area contributed by atoms with Crippen LogP contribution in [0.4, 0.5) is 17.1 Å². The third kappa shape index (κ3) is 2.66. The van der Waals surface area contributed by atoms with Gasteiger partial charge >= 0.3 is 0 Å². The van der Waals surface area contributed by atoms with Crippen molar-refractivity contribution in [3.63, 3.8) is 0 Å². The van der Waals surface area contributed by atoms with Gasteiger partial charge in [-0.3, -0.25) is 4.98 Å². The lowest BCUT2D eigenvalue weighted by atomic mass is 10.1. The van der Waals surface area contributed by atoms with Crippen LogP contribution < -0.4 is 11.1 Å². The largest absolute Gasteiger partial charge is 0.507 e. The Kier molecular flexibility index (Phi) is 3.58. The summed E-state index contributed by atoms with van der Waals surface area (Å²) in [7, 11) is 0. The molecule has 5 aromatic rings. The monoisotopic (exact) mass is 369 g/mol. The number of pyridine rings is 1. The van der Waals surface area contributed by atoms with Crippen LogP contribution in [0.2, 0.25) is 0 Å². The van der Waals surface area contributed by atoms with E-state index in [-0.39, 0.29) is 5.75 Å². The SMILES string of the molecule is Nc1cnc(-c2oc3cnccc3c2Nc2ccc3c(O)cccc3c2)nc1. The highest BCUT2D eigenvalue weighted by Gasteiger charge is 2.18. The molecule has 0 amide bonds. The Labute approximate surface area is 159 Å². The second kappa shape index (κ2) is 6.24. The highest BCUT2D eigenvalue weighted by atomic mass is 16.3. The molecule has 0 bridgehead atoms. The zero-order chi connectivity index (χ0) is 19.1. The highest BCUT2D eigenvalue weighted by molar-refractivity contribution is 6.00. The van der Waals surface area contributed by atoms with Gasteiger partial charge in [0, 0.05) is 22.7 Å². The van der Waals surface area contributed by atoms with Crippen molar-refractivity contribution in [1.82, 2.24) is 15.0 Å². The molecule has 5 rings (SSSR count). The summed E-state index contributed by atoms with van der Waals surface area (Å²) in [5.41, 5.74) is 8.39. The number of fused-ring (bicyclic) bond motifs is 2. The predicted molar refractivity (Wildman–Crippen MR) is 108 cm³/mol. The first-order valence-corrected chi connectivity index (χ1v) is 8.62. The highest BCUT2D eigenvalue weighted by Crippen LogP contribution is 2.38. The van der Waals surface area contributed by atoms with Gasteiger partial charge in [-0.2, -0.15) is 0 Å². The van der Waals surface area contributed by atoms with Gasteiger partial charge in [-0.05, 0) is 35.7 Å². The Morgan fingerprint density at radius 2 is 1.82 bits per heavy atom. The Bertz CT molecular complexity index is 1310. The molecule has 0 aliphatic heterocycles. The molecule has 0 fully saturated rings. The van der Waals surface area contributed by atoms with E-state index in [2.05, 4.69) is 20.3 Å². The number of nitrogens with zero attached hydrogens (tertiary/aromatic N) is 3. The van der Waals surface area contributed by atoms with E-state index >= 15 is 0 Å².